The van der Waals surface area contributed by atoms with Crippen LogP contribution >= 0.6 is 0 Å². The van der Waals surface area contributed by atoms with Crippen molar-refractivity contribution < 1.29 is 0 Å². The van der Waals surface area contributed by atoms with Crippen LogP contribution in [0.25, 0.3) is 0 Å². The number of rotatable bonds is 3. The van der Waals surface area contributed by atoms with E-state index in [1.807, 2.05) is 6.92 Å². The van der Waals surface area contributed by atoms with Crippen LogP contribution in [0.1, 0.15) is 39.2 Å². The van der Waals surface area contributed by atoms with Gasteiger partial charge < -0.3 is 5.73 Å². The molecular weight excluding hydrogens is 212 g/mol. The second kappa shape index (κ2) is 5.00. The van der Waals surface area contributed by atoms with Gasteiger partial charge in [0.2, 0.25) is 0 Å². The summed E-state index contributed by atoms with van der Waals surface area (Å²) in [6.07, 6.45) is 0. The highest BCUT2D eigenvalue weighted by Gasteiger charge is 2.24. The third-order valence-electron chi connectivity index (χ3n) is 3.23. The largest absolute Gasteiger partial charge is 0.384 e. The first-order chi connectivity index (χ1) is 7.70. The summed E-state index contributed by atoms with van der Waals surface area (Å²) in [5, 5.41) is 0. The first-order valence-electron chi connectivity index (χ1n) is 6.00. The summed E-state index contributed by atoms with van der Waals surface area (Å²) in [4.78, 5) is 10.9. The molecule has 2 N–H and O–H groups in total. The maximum Gasteiger partial charge on any atom is 0.144 e. The summed E-state index contributed by atoms with van der Waals surface area (Å²) in [6.45, 7) is 11.6. The van der Waals surface area contributed by atoms with Gasteiger partial charge in [-0.25, -0.2) is 9.97 Å². The molecule has 4 nitrogen and oxygen atoms in total. The molecule has 17 heavy (non-hydrogen) atoms. The molecular formula is C13H24N4. The average Bonchev–Trinajstić information content (AvgIpc) is 2.13. The molecule has 96 valence electrons. The van der Waals surface area contributed by atoms with Crippen LogP contribution < -0.4 is 5.73 Å². The first-order valence-corrected chi connectivity index (χ1v) is 6.00. The zero-order chi connectivity index (χ0) is 13.2. The summed E-state index contributed by atoms with van der Waals surface area (Å²) < 4.78 is 0. The van der Waals surface area contributed by atoms with E-state index in [-0.39, 0.29) is 5.41 Å². The molecule has 0 saturated heterocycles. The Morgan fingerprint density at radius 2 is 1.94 bits per heavy atom. The van der Waals surface area contributed by atoms with Crippen LogP contribution in [-0.4, -0.2) is 28.0 Å². The third kappa shape index (κ3) is 3.97. The van der Waals surface area contributed by atoms with Gasteiger partial charge in [0.15, 0.2) is 0 Å². The number of hydrogen-bond acceptors (Lipinski definition) is 4. The number of anilines is 1. The lowest BCUT2D eigenvalue weighted by Gasteiger charge is -2.35. The van der Waals surface area contributed by atoms with Crippen molar-refractivity contribution in [2.75, 3.05) is 12.8 Å². The van der Waals surface area contributed by atoms with E-state index in [2.05, 4.69) is 49.6 Å². The number of nitrogens with two attached hydrogens (primary N) is 1. The van der Waals surface area contributed by atoms with Crippen molar-refractivity contribution in [3.8, 4) is 0 Å². The molecule has 0 radical (unpaired) electrons. The minimum absolute atomic E-state index is 0.240. The second-order valence-corrected chi connectivity index (χ2v) is 5.81. The number of aryl methyl sites for hydroxylation is 1. The van der Waals surface area contributed by atoms with Gasteiger partial charge in [-0.3, -0.25) is 4.90 Å². The maximum absolute atomic E-state index is 5.73. The number of nitrogen functional groups attached to an aromatic ring is 1. The number of hydrogen-bond donors (Lipinski definition) is 1. The van der Waals surface area contributed by atoms with Crippen LogP contribution in [0.5, 0.6) is 0 Å². The van der Waals surface area contributed by atoms with Crippen molar-refractivity contribution in [1.82, 2.24) is 14.9 Å². The molecule has 0 aromatic carbocycles. The minimum atomic E-state index is 0.240. The van der Waals surface area contributed by atoms with Gasteiger partial charge in [-0.2, -0.15) is 0 Å². The van der Waals surface area contributed by atoms with Gasteiger partial charge in [-0.15, -0.1) is 0 Å². The van der Waals surface area contributed by atoms with Crippen molar-refractivity contribution in [1.29, 1.82) is 0 Å². The van der Waals surface area contributed by atoms with Crippen LogP contribution in [-0.2, 0) is 6.54 Å². The van der Waals surface area contributed by atoms with Gasteiger partial charge in [-0.05, 0) is 26.3 Å². The Bertz CT molecular complexity index is 361. The Morgan fingerprint density at radius 1 is 1.35 bits per heavy atom. The molecule has 1 rings (SSSR count). The Morgan fingerprint density at radius 3 is 2.41 bits per heavy atom. The lowest BCUT2D eigenvalue weighted by atomic mass is 9.87. The van der Waals surface area contributed by atoms with Crippen LogP contribution in [0, 0.1) is 12.3 Å². The maximum atomic E-state index is 5.73. The SMILES string of the molecule is Cc1cc(N)nc(CN(C)C(C)C(C)(C)C)n1. The van der Waals surface area contributed by atoms with E-state index in [1.165, 1.54) is 0 Å². The topological polar surface area (TPSA) is 55.0 Å². The normalized spacial score (nSPS) is 14.1. The molecule has 0 aliphatic rings. The molecule has 1 heterocycles. The van der Waals surface area contributed by atoms with E-state index in [4.69, 9.17) is 5.73 Å². The summed E-state index contributed by atoms with van der Waals surface area (Å²) in [7, 11) is 2.10. The van der Waals surface area contributed by atoms with E-state index in [0.29, 0.717) is 11.9 Å². The minimum Gasteiger partial charge on any atom is -0.384 e. The second-order valence-electron chi connectivity index (χ2n) is 5.81. The molecule has 1 aromatic heterocycles. The van der Waals surface area contributed by atoms with Crippen LogP contribution in [0.3, 0.4) is 0 Å². The quantitative estimate of drug-likeness (QED) is 0.874. The van der Waals surface area contributed by atoms with Gasteiger partial charge in [-0.1, -0.05) is 20.8 Å². The fourth-order valence-corrected chi connectivity index (χ4v) is 1.75. The van der Waals surface area contributed by atoms with Crippen molar-refractivity contribution in [2.24, 2.45) is 5.41 Å². The average molecular weight is 236 g/mol. The molecule has 1 aromatic rings. The molecule has 0 fully saturated rings. The molecule has 0 amide bonds. The van der Waals surface area contributed by atoms with Gasteiger partial charge in [0.25, 0.3) is 0 Å². The Balaban J connectivity index is 2.77. The number of nitrogens with zero attached hydrogens (tertiary/aromatic N) is 3. The van der Waals surface area contributed by atoms with E-state index >= 15 is 0 Å². The van der Waals surface area contributed by atoms with Crippen LogP contribution in [0.15, 0.2) is 6.07 Å². The van der Waals surface area contributed by atoms with Crippen molar-refractivity contribution in [3.05, 3.63) is 17.6 Å². The molecule has 0 aliphatic carbocycles. The fourth-order valence-electron chi connectivity index (χ4n) is 1.75. The Hall–Kier alpha value is -1.16. The van der Waals surface area contributed by atoms with E-state index < -0.39 is 0 Å². The highest BCUT2D eigenvalue weighted by molar-refractivity contribution is 5.29. The van der Waals surface area contributed by atoms with Gasteiger partial charge in [0.05, 0.1) is 6.54 Å². The predicted molar refractivity (Wildman–Crippen MR) is 71.6 cm³/mol. The highest BCUT2D eigenvalue weighted by atomic mass is 15.2. The van der Waals surface area contributed by atoms with Crippen molar-refractivity contribution >= 4 is 5.82 Å². The summed E-state index contributed by atoms with van der Waals surface area (Å²) >= 11 is 0. The molecule has 0 saturated carbocycles. The van der Waals surface area contributed by atoms with Crippen molar-refractivity contribution in [2.45, 2.75) is 47.2 Å². The Kier molecular flexibility index (Phi) is 4.09. The summed E-state index contributed by atoms with van der Waals surface area (Å²) in [5.74, 6) is 1.34. The zero-order valence-electron chi connectivity index (χ0n) is 11.8. The highest BCUT2D eigenvalue weighted by Crippen LogP contribution is 2.23. The predicted octanol–water partition coefficient (Wildman–Crippen LogP) is 2.23. The van der Waals surface area contributed by atoms with E-state index in [9.17, 15) is 0 Å². The molecule has 1 atom stereocenters. The van der Waals surface area contributed by atoms with Gasteiger partial charge >= 0.3 is 0 Å². The lowest BCUT2D eigenvalue weighted by Crippen LogP contribution is -2.39. The Labute approximate surface area is 104 Å². The van der Waals surface area contributed by atoms with Crippen LogP contribution in [0.2, 0.25) is 0 Å². The molecule has 4 heteroatoms. The van der Waals surface area contributed by atoms with Gasteiger partial charge in [0, 0.05) is 17.8 Å². The molecule has 0 spiro atoms. The molecule has 0 bridgehead atoms. The fraction of sp³-hybridized carbons (Fsp3) is 0.692. The number of aromatic nitrogens is 2. The first kappa shape index (κ1) is 13.9. The monoisotopic (exact) mass is 236 g/mol. The molecule has 0 aliphatic heterocycles. The van der Waals surface area contributed by atoms with Gasteiger partial charge in [0.1, 0.15) is 11.6 Å². The standard InChI is InChI=1S/C13H24N4/c1-9-7-11(14)16-12(15-9)8-17(6)10(2)13(3,4)5/h7,10H,8H2,1-6H3,(H2,14,15,16). The lowest BCUT2D eigenvalue weighted by molar-refractivity contribution is 0.132. The zero-order valence-corrected chi connectivity index (χ0v) is 11.8. The van der Waals surface area contributed by atoms with E-state index in [0.717, 1.165) is 18.1 Å². The summed E-state index contributed by atoms with van der Waals surface area (Å²) in [5.41, 5.74) is 6.89. The van der Waals surface area contributed by atoms with E-state index in [1.54, 1.807) is 6.07 Å². The van der Waals surface area contributed by atoms with Crippen LogP contribution in [0.4, 0.5) is 5.82 Å². The van der Waals surface area contributed by atoms with Crippen molar-refractivity contribution in [3.63, 3.8) is 0 Å². The molecule has 1 unspecified atom stereocenters. The smallest absolute Gasteiger partial charge is 0.144 e. The third-order valence-corrected chi connectivity index (χ3v) is 3.23. The summed E-state index contributed by atoms with van der Waals surface area (Å²) in [6, 6.07) is 2.24.